The fraction of sp³-hybridized carbons (Fsp3) is 0.344. The second-order valence-electron chi connectivity index (χ2n) is 10.0. The van der Waals surface area contributed by atoms with Gasteiger partial charge in [-0.2, -0.15) is 0 Å². The Morgan fingerprint density at radius 3 is 1.78 bits per heavy atom. The van der Waals surface area contributed by atoms with Crippen LogP contribution in [-0.4, -0.2) is 25.8 Å². The van der Waals surface area contributed by atoms with E-state index in [2.05, 4.69) is 51.2 Å². The van der Waals surface area contributed by atoms with Crippen LogP contribution in [0, 0.1) is 0 Å². The lowest BCUT2D eigenvalue weighted by Gasteiger charge is -2.17. The van der Waals surface area contributed by atoms with Crippen LogP contribution in [0.3, 0.4) is 0 Å². The summed E-state index contributed by atoms with van der Waals surface area (Å²) in [4.78, 5) is 28.0. The van der Waals surface area contributed by atoms with Gasteiger partial charge in [0.25, 0.3) is 0 Å². The average Bonchev–Trinajstić information content (AvgIpc) is 2.93. The molecule has 9 heteroatoms. The highest BCUT2D eigenvalue weighted by atomic mass is 35.5. The Hall–Kier alpha value is -3.55. The zero-order valence-electron chi connectivity index (χ0n) is 23.9. The lowest BCUT2D eigenvalue weighted by molar-refractivity contribution is -0.114. The van der Waals surface area contributed by atoms with Gasteiger partial charge in [0.1, 0.15) is 10.3 Å². The van der Waals surface area contributed by atoms with Gasteiger partial charge in [-0.15, -0.1) is 0 Å². The number of benzene rings is 2. The topological polar surface area (TPSA) is 107 Å². The summed E-state index contributed by atoms with van der Waals surface area (Å²) < 4.78 is 0. The number of hydrogen-bond acceptors (Lipinski definition) is 6. The third-order valence-electron chi connectivity index (χ3n) is 6.56. The first-order valence-electron chi connectivity index (χ1n) is 13.9. The molecule has 0 aliphatic heterocycles. The van der Waals surface area contributed by atoms with Crippen molar-refractivity contribution < 1.29 is 4.79 Å². The van der Waals surface area contributed by atoms with E-state index in [1.54, 1.807) is 18.6 Å². The van der Waals surface area contributed by atoms with Gasteiger partial charge in [-0.1, -0.05) is 74.2 Å². The van der Waals surface area contributed by atoms with Crippen LogP contribution in [0.4, 0.5) is 11.4 Å². The Labute approximate surface area is 253 Å². The van der Waals surface area contributed by atoms with E-state index in [0.29, 0.717) is 22.1 Å². The van der Waals surface area contributed by atoms with E-state index in [9.17, 15) is 4.79 Å². The zero-order chi connectivity index (χ0) is 29.6. The van der Waals surface area contributed by atoms with Crippen molar-refractivity contribution in [2.75, 3.05) is 11.1 Å². The maximum atomic E-state index is 11.2. The predicted molar refractivity (Wildman–Crippen MR) is 168 cm³/mol. The molecule has 2 aromatic carbocycles. The van der Waals surface area contributed by atoms with E-state index < -0.39 is 0 Å². The number of nitrogens with one attached hydrogen (secondary N) is 1. The van der Waals surface area contributed by atoms with Crippen LogP contribution in [0.25, 0.3) is 0 Å². The van der Waals surface area contributed by atoms with Crippen molar-refractivity contribution in [2.24, 2.45) is 0 Å². The smallest absolute Gasteiger partial charge is 0.221 e. The first-order chi connectivity index (χ1) is 19.8. The molecule has 0 radical (unpaired) electrons. The summed E-state index contributed by atoms with van der Waals surface area (Å²) in [6.07, 6.45) is 12.6. The van der Waals surface area contributed by atoms with E-state index in [-0.39, 0.29) is 5.91 Å². The molecule has 7 nitrogen and oxygen atoms in total. The minimum atomic E-state index is -0.0649. The number of aromatic nitrogens is 4. The molecule has 3 N–H and O–H groups in total. The van der Waals surface area contributed by atoms with Gasteiger partial charge >= 0.3 is 0 Å². The van der Waals surface area contributed by atoms with E-state index in [4.69, 9.17) is 28.9 Å². The number of hydrogen-bond donors (Lipinski definition) is 2. The number of amides is 1. The number of carbonyl (C=O) groups excluding carboxylic acids is 1. The molecule has 0 bridgehead atoms. The molecular weight excluding hydrogens is 555 g/mol. The lowest BCUT2D eigenvalue weighted by Crippen LogP contribution is -2.08. The fourth-order valence-corrected chi connectivity index (χ4v) is 5.15. The van der Waals surface area contributed by atoms with E-state index in [0.717, 1.165) is 61.3 Å². The van der Waals surface area contributed by atoms with Crippen LogP contribution < -0.4 is 11.1 Å². The van der Waals surface area contributed by atoms with Gasteiger partial charge in [0.2, 0.25) is 5.91 Å². The summed E-state index contributed by atoms with van der Waals surface area (Å²) in [5, 5.41) is 3.69. The number of anilines is 2. The predicted octanol–water partition coefficient (Wildman–Crippen LogP) is 8.05. The maximum absolute atomic E-state index is 11.2. The Morgan fingerprint density at radius 2 is 1.32 bits per heavy atom. The Morgan fingerprint density at radius 1 is 0.805 bits per heavy atom. The van der Waals surface area contributed by atoms with E-state index in [1.807, 2.05) is 36.4 Å². The van der Waals surface area contributed by atoms with Crippen molar-refractivity contribution >= 4 is 40.5 Å². The van der Waals surface area contributed by atoms with Crippen molar-refractivity contribution in [2.45, 2.75) is 71.1 Å². The molecule has 4 aromatic rings. The minimum absolute atomic E-state index is 0.0649. The summed E-state index contributed by atoms with van der Waals surface area (Å²) in [7, 11) is 0. The second kappa shape index (κ2) is 16.7. The van der Waals surface area contributed by atoms with Crippen LogP contribution in [0.15, 0.2) is 73.3 Å². The highest BCUT2D eigenvalue weighted by Crippen LogP contribution is 2.28. The monoisotopic (exact) mass is 592 g/mol. The number of nitrogen functional groups attached to an aromatic ring is 1. The molecule has 4 rings (SSSR count). The number of nitrogens with zero attached hydrogens (tertiary/aromatic N) is 4. The van der Waals surface area contributed by atoms with Gasteiger partial charge in [-0.05, 0) is 72.9 Å². The molecule has 216 valence electrons. The third-order valence-corrected chi connectivity index (χ3v) is 6.92. The highest BCUT2D eigenvalue weighted by molar-refractivity contribution is 6.29. The molecule has 0 aliphatic carbocycles. The van der Waals surface area contributed by atoms with Gasteiger partial charge in [-0.25, -0.2) is 9.97 Å². The number of rotatable bonds is 11. The molecule has 2 unspecified atom stereocenters. The van der Waals surface area contributed by atoms with Crippen molar-refractivity contribution in [3.63, 3.8) is 0 Å². The molecule has 0 spiro atoms. The van der Waals surface area contributed by atoms with Crippen LogP contribution in [0.1, 0.15) is 80.8 Å². The summed E-state index contributed by atoms with van der Waals surface area (Å²) in [5.74, 6) is 0.664. The molecule has 0 fully saturated rings. The average molecular weight is 594 g/mol. The third kappa shape index (κ3) is 11.1. The standard InChI is InChI=1S/C17H20ClN3O.C15H18ClN3/c1-3-5-13(9-16-10-19-11-17(18)21-16)14-6-4-7-15(8-14)20-12(2)22;1-2-4-11(12-5-3-6-13(17)7-12)8-14-9-18-10-15(16)19-14/h4,6-8,10-11,13H,3,5,9H2,1-2H3,(H,20,22);3,5-7,9-11H,2,4,8,17H2,1H3. The van der Waals surface area contributed by atoms with Crippen molar-refractivity contribution in [1.82, 2.24) is 19.9 Å². The van der Waals surface area contributed by atoms with Crippen molar-refractivity contribution in [3.05, 3.63) is 106 Å². The zero-order valence-corrected chi connectivity index (χ0v) is 25.4. The molecular formula is C32H38Cl2N6O. The first-order valence-corrected chi connectivity index (χ1v) is 14.7. The first kappa shape index (κ1) is 32.0. The number of carbonyl (C=O) groups is 1. The molecule has 0 aliphatic rings. The Kier molecular flexibility index (Phi) is 13.0. The Bertz CT molecular complexity index is 1400. The van der Waals surface area contributed by atoms with Gasteiger partial charge in [0, 0.05) is 30.7 Å². The largest absolute Gasteiger partial charge is 0.399 e. The lowest BCUT2D eigenvalue weighted by atomic mass is 9.90. The normalized spacial score (nSPS) is 12.1. The molecule has 0 saturated carbocycles. The van der Waals surface area contributed by atoms with Gasteiger partial charge in [0.05, 0.1) is 23.8 Å². The molecule has 1 amide bonds. The van der Waals surface area contributed by atoms with Crippen molar-refractivity contribution in [1.29, 1.82) is 0 Å². The van der Waals surface area contributed by atoms with Crippen LogP contribution in [-0.2, 0) is 17.6 Å². The van der Waals surface area contributed by atoms with Gasteiger partial charge < -0.3 is 11.1 Å². The SMILES string of the molecule is CCCC(Cc1cncc(Cl)n1)c1cccc(N)c1.CCCC(Cc1cncc(Cl)n1)c1cccc(NC(C)=O)c1. The number of nitrogens with two attached hydrogens (primary N) is 1. The molecule has 2 aromatic heterocycles. The molecule has 2 atom stereocenters. The minimum Gasteiger partial charge on any atom is -0.399 e. The highest BCUT2D eigenvalue weighted by Gasteiger charge is 2.15. The van der Waals surface area contributed by atoms with Gasteiger partial charge in [-0.3, -0.25) is 14.8 Å². The van der Waals surface area contributed by atoms with Crippen molar-refractivity contribution in [3.8, 4) is 0 Å². The maximum Gasteiger partial charge on any atom is 0.221 e. The molecule has 41 heavy (non-hydrogen) atoms. The van der Waals surface area contributed by atoms with E-state index in [1.165, 1.54) is 24.2 Å². The summed E-state index contributed by atoms with van der Waals surface area (Å²) in [6, 6.07) is 16.0. The second-order valence-corrected chi connectivity index (χ2v) is 10.8. The number of halogens is 2. The Balaban J connectivity index is 0.000000228. The quantitative estimate of drug-likeness (QED) is 0.170. The van der Waals surface area contributed by atoms with Crippen LogP contribution in [0.2, 0.25) is 10.3 Å². The van der Waals surface area contributed by atoms with E-state index >= 15 is 0 Å². The van der Waals surface area contributed by atoms with Crippen LogP contribution >= 0.6 is 23.2 Å². The molecule has 2 heterocycles. The summed E-state index contributed by atoms with van der Waals surface area (Å²) in [6.45, 7) is 5.86. The summed E-state index contributed by atoms with van der Waals surface area (Å²) in [5.41, 5.74) is 11.7. The summed E-state index contributed by atoms with van der Waals surface area (Å²) >= 11 is 11.8. The van der Waals surface area contributed by atoms with Crippen LogP contribution in [0.5, 0.6) is 0 Å². The molecule has 0 saturated heterocycles. The fourth-order valence-electron chi connectivity index (χ4n) is 4.82. The van der Waals surface area contributed by atoms with Gasteiger partial charge in [0.15, 0.2) is 0 Å².